The van der Waals surface area contributed by atoms with Gasteiger partial charge in [-0.1, -0.05) is 0 Å². The first kappa shape index (κ1) is 16.7. The first-order valence-electron chi connectivity index (χ1n) is 6.81. The largest absolute Gasteiger partial charge is 0.466 e. The summed E-state index contributed by atoms with van der Waals surface area (Å²) >= 11 is 0. The van der Waals surface area contributed by atoms with Crippen molar-refractivity contribution in [2.75, 3.05) is 12.0 Å². The Balaban J connectivity index is 2.52. The third-order valence-corrected chi connectivity index (χ3v) is 2.96. The zero-order valence-electron chi connectivity index (χ0n) is 13.2. The normalized spacial score (nSPS) is 15.6. The van der Waals surface area contributed by atoms with Crippen molar-refractivity contribution in [1.29, 1.82) is 0 Å². The van der Waals surface area contributed by atoms with E-state index in [0.717, 1.165) is 30.2 Å². The Hall–Kier alpha value is -2.70. The van der Waals surface area contributed by atoms with Gasteiger partial charge >= 0.3 is 12.1 Å². The number of hydrogen-bond acceptors (Lipinski definition) is 5. The number of halogens is 1. The molecule has 0 saturated heterocycles. The zero-order chi connectivity index (χ0) is 17.4. The monoisotopic (exact) mass is 321 g/mol. The van der Waals surface area contributed by atoms with E-state index in [2.05, 4.69) is 4.74 Å². The van der Waals surface area contributed by atoms with E-state index in [9.17, 15) is 18.8 Å². The van der Waals surface area contributed by atoms with Gasteiger partial charge in [-0.2, -0.15) is 0 Å². The molecule has 7 heteroatoms. The summed E-state index contributed by atoms with van der Waals surface area (Å²) < 4.78 is 23.2. The van der Waals surface area contributed by atoms with Gasteiger partial charge in [-0.25, -0.2) is 18.9 Å². The van der Waals surface area contributed by atoms with Crippen LogP contribution in [0.15, 0.2) is 24.3 Å². The second-order valence-corrected chi connectivity index (χ2v) is 5.86. The third kappa shape index (κ3) is 3.39. The van der Waals surface area contributed by atoms with Crippen LogP contribution in [0, 0.1) is 5.82 Å². The molecule has 1 aromatic carbocycles. The molecule has 0 fully saturated rings. The van der Waals surface area contributed by atoms with Crippen LogP contribution in [0.1, 0.15) is 26.3 Å². The van der Waals surface area contributed by atoms with Gasteiger partial charge in [0.1, 0.15) is 11.4 Å². The van der Waals surface area contributed by atoms with Crippen LogP contribution in [-0.2, 0) is 19.1 Å². The van der Waals surface area contributed by atoms with Crippen molar-refractivity contribution in [1.82, 2.24) is 0 Å². The van der Waals surface area contributed by atoms with E-state index >= 15 is 0 Å². The summed E-state index contributed by atoms with van der Waals surface area (Å²) in [7, 11) is 1.15. The lowest BCUT2D eigenvalue weighted by Crippen LogP contribution is -2.38. The molecule has 1 aliphatic rings. The highest BCUT2D eigenvalue weighted by molar-refractivity contribution is 6.40. The highest BCUT2D eigenvalue weighted by Gasteiger charge is 2.39. The summed E-state index contributed by atoms with van der Waals surface area (Å²) in [4.78, 5) is 37.0. The van der Waals surface area contributed by atoms with Gasteiger partial charge < -0.3 is 9.47 Å². The van der Waals surface area contributed by atoms with E-state index in [1.165, 1.54) is 6.07 Å². The number of imide groups is 1. The van der Waals surface area contributed by atoms with Crippen LogP contribution >= 0.6 is 0 Å². The number of carbonyl (C=O) groups excluding carboxylic acids is 3. The quantitative estimate of drug-likeness (QED) is 0.587. The van der Waals surface area contributed by atoms with Gasteiger partial charge in [-0.15, -0.1) is 0 Å². The number of hydrogen-bond donors (Lipinski definition) is 0. The van der Waals surface area contributed by atoms with Crippen molar-refractivity contribution in [3.8, 4) is 0 Å². The molecule has 0 aliphatic carbocycles. The average Bonchev–Trinajstić information content (AvgIpc) is 2.69. The second kappa shape index (κ2) is 5.83. The minimum atomic E-state index is -0.899. The van der Waals surface area contributed by atoms with Crippen molar-refractivity contribution in [2.24, 2.45) is 0 Å². The first-order valence-corrected chi connectivity index (χ1v) is 6.81. The Bertz CT molecular complexity index is 718. The van der Waals surface area contributed by atoms with Crippen LogP contribution in [0.5, 0.6) is 0 Å². The van der Waals surface area contributed by atoms with Gasteiger partial charge in [-0.05, 0) is 39.0 Å². The molecule has 0 bridgehead atoms. The molecule has 122 valence electrons. The molecule has 0 saturated carbocycles. The molecule has 0 radical (unpaired) electrons. The highest BCUT2D eigenvalue weighted by atomic mass is 19.1. The molecule has 1 aromatic rings. The predicted octanol–water partition coefficient (Wildman–Crippen LogP) is 2.66. The number of nitrogens with zero attached hydrogens (tertiary/aromatic N) is 1. The van der Waals surface area contributed by atoms with Crippen LogP contribution in [0.3, 0.4) is 0 Å². The van der Waals surface area contributed by atoms with Crippen LogP contribution < -0.4 is 4.90 Å². The van der Waals surface area contributed by atoms with Gasteiger partial charge in [0.25, 0.3) is 5.91 Å². The highest BCUT2D eigenvalue weighted by Crippen LogP contribution is 2.38. The molecule has 0 atom stereocenters. The summed E-state index contributed by atoms with van der Waals surface area (Å²) in [6, 6.07) is 3.47. The van der Waals surface area contributed by atoms with Crippen molar-refractivity contribution in [2.45, 2.75) is 26.4 Å². The molecule has 0 unspecified atom stereocenters. The van der Waals surface area contributed by atoms with Crippen LogP contribution in [0.2, 0.25) is 0 Å². The van der Waals surface area contributed by atoms with Crippen molar-refractivity contribution >= 4 is 29.2 Å². The Morgan fingerprint density at radius 1 is 1.26 bits per heavy atom. The molecule has 0 aromatic heterocycles. The molecule has 1 heterocycles. The van der Waals surface area contributed by atoms with Crippen molar-refractivity contribution < 1.29 is 28.2 Å². The van der Waals surface area contributed by atoms with E-state index in [4.69, 9.17) is 4.74 Å². The Labute approximate surface area is 132 Å². The molecule has 6 nitrogen and oxygen atoms in total. The maximum atomic E-state index is 13.5. The Morgan fingerprint density at radius 3 is 2.48 bits per heavy atom. The molecule has 0 spiro atoms. The average molecular weight is 321 g/mol. The minimum absolute atomic E-state index is 0.128. The van der Waals surface area contributed by atoms with E-state index in [0.29, 0.717) is 0 Å². The number of benzene rings is 1. The van der Waals surface area contributed by atoms with E-state index in [-0.39, 0.29) is 16.8 Å². The van der Waals surface area contributed by atoms with Gasteiger partial charge in [0.05, 0.1) is 18.4 Å². The fraction of sp³-hybridized carbons (Fsp3) is 0.312. The summed E-state index contributed by atoms with van der Waals surface area (Å²) in [5.41, 5.74) is -0.656. The Morgan fingerprint density at radius 2 is 1.91 bits per heavy atom. The smallest absolute Gasteiger partial charge is 0.422 e. The van der Waals surface area contributed by atoms with Gasteiger partial charge in [0, 0.05) is 11.6 Å². The topological polar surface area (TPSA) is 72.9 Å². The molecule has 2 rings (SSSR count). The SMILES string of the molecule is COC(=O)/C=C1/C(=O)N(C(=O)OC(C)(C)C)c2ccc(F)cc21. The number of methoxy groups -OCH3 is 1. The van der Waals surface area contributed by atoms with E-state index < -0.39 is 29.4 Å². The maximum Gasteiger partial charge on any atom is 0.422 e. The van der Waals surface area contributed by atoms with Crippen LogP contribution in [0.4, 0.5) is 14.9 Å². The lowest BCUT2D eigenvalue weighted by Gasteiger charge is -2.23. The summed E-state index contributed by atoms with van der Waals surface area (Å²) in [6.07, 6.45) is 0.0222. The zero-order valence-corrected chi connectivity index (χ0v) is 13.2. The first-order chi connectivity index (χ1) is 10.6. The molecular formula is C16H16FNO5. The summed E-state index contributed by atoms with van der Waals surface area (Å²) in [5, 5.41) is 0. The number of amides is 2. The number of fused-ring (bicyclic) bond motifs is 1. The lowest BCUT2D eigenvalue weighted by atomic mass is 10.1. The molecule has 1 aliphatic heterocycles. The maximum absolute atomic E-state index is 13.5. The summed E-state index contributed by atoms with van der Waals surface area (Å²) in [5.74, 6) is -2.15. The van der Waals surface area contributed by atoms with E-state index in [1.807, 2.05) is 0 Å². The Kier molecular flexibility index (Phi) is 4.22. The minimum Gasteiger partial charge on any atom is -0.466 e. The predicted molar refractivity (Wildman–Crippen MR) is 80.1 cm³/mol. The van der Waals surface area contributed by atoms with Crippen molar-refractivity contribution in [3.05, 3.63) is 35.7 Å². The molecule has 0 N–H and O–H groups in total. The number of anilines is 1. The number of ether oxygens (including phenoxy) is 2. The van der Waals surface area contributed by atoms with Gasteiger partial charge in [0.15, 0.2) is 0 Å². The lowest BCUT2D eigenvalue weighted by molar-refractivity contribution is -0.135. The number of rotatable bonds is 1. The fourth-order valence-electron chi connectivity index (χ4n) is 2.07. The van der Waals surface area contributed by atoms with Gasteiger partial charge in [-0.3, -0.25) is 4.79 Å². The molecule has 23 heavy (non-hydrogen) atoms. The molecule has 2 amide bonds. The standard InChI is InChI=1S/C16H16FNO5/c1-16(2,3)23-15(21)18-12-6-5-9(17)7-10(12)11(14(18)20)8-13(19)22-4/h5-8H,1-4H3/b11-8+. The molecular weight excluding hydrogens is 305 g/mol. The van der Waals surface area contributed by atoms with Crippen LogP contribution in [0.25, 0.3) is 5.57 Å². The fourth-order valence-corrected chi connectivity index (χ4v) is 2.07. The number of carbonyl (C=O) groups is 3. The third-order valence-electron chi connectivity index (χ3n) is 2.96. The van der Waals surface area contributed by atoms with Crippen molar-refractivity contribution in [3.63, 3.8) is 0 Å². The number of esters is 1. The van der Waals surface area contributed by atoms with E-state index in [1.54, 1.807) is 20.8 Å². The second-order valence-electron chi connectivity index (χ2n) is 5.86. The van der Waals surface area contributed by atoms with Gasteiger partial charge in [0.2, 0.25) is 0 Å². The van der Waals surface area contributed by atoms with Crippen LogP contribution in [-0.4, -0.2) is 30.7 Å². The summed E-state index contributed by atoms with van der Waals surface area (Å²) in [6.45, 7) is 4.96.